The van der Waals surface area contributed by atoms with E-state index in [9.17, 15) is 14.9 Å². The highest BCUT2D eigenvalue weighted by atomic mass is 16.6. The first kappa shape index (κ1) is 17.2. The van der Waals surface area contributed by atoms with Crippen LogP contribution < -0.4 is 11.1 Å². The molecule has 0 radical (unpaired) electrons. The van der Waals surface area contributed by atoms with Crippen molar-refractivity contribution >= 4 is 23.0 Å². The fourth-order valence-corrected chi connectivity index (χ4v) is 2.13. The standard InChI is InChI=1S/C14H18N4O4/c1-8(2)3-10(14(19)20)7-17-11-4-9(6-15)13(18(21)22)12(16)5-11/h4-5,8,10,17H,3,7,16H2,1-2H3,(H,19,20). The SMILES string of the molecule is CC(C)CC(CNc1cc(N)c([N+](=O)[O-])c(C#N)c1)C(=O)O. The molecule has 8 heteroatoms. The molecule has 1 aromatic rings. The largest absolute Gasteiger partial charge is 0.481 e. The number of nitriles is 1. The Labute approximate surface area is 127 Å². The van der Waals surface area contributed by atoms with Crippen molar-refractivity contribution < 1.29 is 14.8 Å². The molecule has 0 spiro atoms. The maximum Gasteiger partial charge on any atom is 0.309 e. The van der Waals surface area contributed by atoms with Crippen LogP contribution in [0.1, 0.15) is 25.8 Å². The normalized spacial score (nSPS) is 11.7. The molecule has 0 bridgehead atoms. The predicted molar refractivity (Wildman–Crippen MR) is 81.3 cm³/mol. The summed E-state index contributed by atoms with van der Waals surface area (Å²) >= 11 is 0. The van der Waals surface area contributed by atoms with Crippen molar-refractivity contribution in [2.45, 2.75) is 20.3 Å². The summed E-state index contributed by atoms with van der Waals surface area (Å²) < 4.78 is 0. The summed E-state index contributed by atoms with van der Waals surface area (Å²) in [7, 11) is 0. The highest BCUT2D eigenvalue weighted by Gasteiger charge is 2.21. The zero-order chi connectivity index (χ0) is 16.9. The molecule has 0 saturated heterocycles. The van der Waals surface area contributed by atoms with Gasteiger partial charge in [0.15, 0.2) is 0 Å². The van der Waals surface area contributed by atoms with E-state index in [1.54, 1.807) is 6.07 Å². The number of hydrogen-bond donors (Lipinski definition) is 3. The van der Waals surface area contributed by atoms with E-state index in [4.69, 9.17) is 16.1 Å². The first-order chi connectivity index (χ1) is 10.3. The fourth-order valence-electron chi connectivity index (χ4n) is 2.13. The molecule has 0 aliphatic rings. The van der Waals surface area contributed by atoms with E-state index < -0.39 is 22.5 Å². The Hall–Kier alpha value is -2.82. The molecule has 0 heterocycles. The Bertz CT molecular complexity index is 622. The number of benzene rings is 1. The maximum absolute atomic E-state index is 11.2. The van der Waals surface area contributed by atoms with E-state index in [0.29, 0.717) is 12.1 Å². The number of anilines is 2. The number of rotatable bonds is 7. The first-order valence-corrected chi connectivity index (χ1v) is 6.71. The number of aliphatic carboxylic acids is 1. The van der Waals surface area contributed by atoms with E-state index in [2.05, 4.69) is 5.32 Å². The molecule has 1 rings (SSSR count). The Morgan fingerprint density at radius 3 is 2.64 bits per heavy atom. The lowest BCUT2D eigenvalue weighted by Crippen LogP contribution is -2.24. The number of nitrogen functional groups attached to an aromatic ring is 1. The van der Waals surface area contributed by atoms with Crippen LogP contribution in [0.4, 0.5) is 17.1 Å². The minimum atomic E-state index is -0.920. The second-order valence-corrected chi connectivity index (χ2v) is 5.38. The number of hydrogen-bond acceptors (Lipinski definition) is 6. The van der Waals surface area contributed by atoms with E-state index in [0.717, 1.165) is 0 Å². The van der Waals surface area contributed by atoms with Gasteiger partial charge in [0.25, 0.3) is 0 Å². The summed E-state index contributed by atoms with van der Waals surface area (Å²) in [5.74, 6) is -1.29. The van der Waals surface area contributed by atoms with Crippen LogP contribution >= 0.6 is 0 Å². The van der Waals surface area contributed by atoms with Crippen LogP contribution in [0.3, 0.4) is 0 Å². The van der Waals surface area contributed by atoms with Crippen molar-refractivity contribution in [2.75, 3.05) is 17.6 Å². The summed E-state index contributed by atoms with van der Waals surface area (Å²) in [6.45, 7) is 4.00. The summed E-state index contributed by atoms with van der Waals surface area (Å²) in [6.07, 6.45) is 0.496. The lowest BCUT2D eigenvalue weighted by atomic mass is 9.97. The molecular formula is C14H18N4O4. The highest BCUT2D eigenvalue weighted by molar-refractivity contribution is 5.74. The van der Waals surface area contributed by atoms with Gasteiger partial charge in [-0.05, 0) is 24.5 Å². The van der Waals surface area contributed by atoms with Crippen LogP contribution in [0.5, 0.6) is 0 Å². The number of nitrogens with zero attached hydrogens (tertiary/aromatic N) is 2. The number of nitrogens with one attached hydrogen (secondary N) is 1. The molecule has 1 aromatic carbocycles. The van der Waals surface area contributed by atoms with Gasteiger partial charge in [-0.25, -0.2) is 0 Å². The van der Waals surface area contributed by atoms with Crippen molar-refractivity contribution in [3.8, 4) is 6.07 Å². The van der Waals surface area contributed by atoms with Gasteiger partial charge in [-0.15, -0.1) is 0 Å². The minimum absolute atomic E-state index is 0.137. The van der Waals surface area contributed by atoms with Gasteiger partial charge >= 0.3 is 11.7 Å². The van der Waals surface area contributed by atoms with Crippen LogP contribution in [0.2, 0.25) is 0 Å². The Morgan fingerprint density at radius 2 is 2.18 bits per heavy atom. The first-order valence-electron chi connectivity index (χ1n) is 6.71. The lowest BCUT2D eigenvalue weighted by Gasteiger charge is -2.16. The topological polar surface area (TPSA) is 142 Å². The molecule has 8 nitrogen and oxygen atoms in total. The molecule has 1 atom stereocenters. The third-order valence-electron chi connectivity index (χ3n) is 3.10. The van der Waals surface area contributed by atoms with Crippen molar-refractivity contribution in [2.24, 2.45) is 11.8 Å². The third-order valence-corrected chi connectivity index (χ3v) is 3.10. The quantitative estimate of drug-likeness (QED) is 0.398. The Morgan fingerprint density at radius 1 is 1.55 bits per heavy atom. The molecule has 1 unspecified atom stereocenters. The predicted octanol–water partition coefficient (Wildman–Crippen LogP) is 2.21. The van der Waals surface area contributed by atoms with Gasteiger partial charge in [-0.3, -0.25) is 14.9 Å². The van der Waals surface area contributed by atoms with Crippen LogP contribution in [-0.4, -0.2) is 22.5 Å². The lowest BCUT2D eigenvalue weighted by molar-refractivity contribution is -0.384. The van der Waals surface area contributed by atoms with E-state index in [1.165, 1.54) is 12.1 Å². The van der Waals surface area contributed by atoms with Gasteiger partial charge in [0.1, 0.15) is 17.3 Å². The summed E-state index contributed by atoms with van der Waals surface area (Å²) in [4.78, 5) is 21.3. The second kappa shape index (κ2) is 7.26. The zero-order valence-electron chi connectivity index (χ0n) is 12.4. The number of carboxylic acid groups (broad SMARTS) is 1. The Kier molecular flexibility index (Phi) is 5.69. The molecular weight excluding hydrogens is 288 g/mol. The van der Waals surface area contributed by atoms with Crippen LogP contribution in [0.15, 0.2) is 12.1 Å². The van der Waals surface area contributed by atoms with Gasteiger partial charge in [0.2, 0.25) is 0 Å². The van der Waals surface area contributed by atoms with Crippen molar-refractivity contribution in [1.29, 1.82) is 5.26 Å². The average molecular weight is 306 g/mol. The number of nitro benzene ring substituents is 1. The van der Waals surface area contributed by atoms with E-state index in [1.807, 2.05) is 13.8 Å². The van der Waals surface area contributed by atoms with E-state index >= 15 is 0 Å². The molecule has 4 N–H and O–H groups in total. The molecule has 0 aromatic heterocycles. The zero-order valence-corrected chi connectivity index (χ0v) is 12.4. The average Bonchev–Trinajstić information content (AvgIpc) is 2.41. The van der Waals surface area contributed by atoms with Crippen molar-refractivity contribution in [3.05, 3.63) is 27.8 Å². The number of nitrogens with two attached hydrogens (primary N) is 1. The molecule has 22 heavy (non-hydrogen) atoms. The van der Waals surface area contributed by atoms with Crippen molar-refractivity contribution in [1.82, 2.24) is 0 Å². The number of carboxylic acids is 1. The van der Waals surface area contributed by atoms with Crippen LogP contribution in [0, 0.1) is 33.3 Å². The molecule has 0 aliphatic carbocycles. The van der Waals surface area contributed by atoms with Crippen LogP contribution in [-0.2, 0) is 4.79 Å². The molecule has 0 fully saturated rings. The van der Waals surface area contributed by atoms with Gasteiger partial charge < -0.3 is 16.2 Å². The molecule has 0 amide bonds. The summed E-state index contributed by atoms with van der Waals surface area (Å²) in [6, 6.07) is 4.34. The number of nitro groups is 1. The van der Waals surface area contributed by atoms with Crippen molar-refractivity contribution in [3.63, 3.8) is 0 Å². The van der Waals surface area contributed by atoms with E-state index in [-0.39, 0.29) is 23.7 Å². The third kappa shape index (κ3) is 4.34. The number of carbonyl (C=O) groups is 1. The fraction of sp³-hybridized carbons (Fsp3) is 0.429. The summed E-state index contributed by atoms with van der Waals surface area (Å²) in [5, 5.41) is 31.9. The Balaban J connectivity index is 2.95. The smallest absolute Gasteiger partial charge is 0.309 e. The highest BCUT2D eigenvalue weighted by Crippen LogP contribution is 2.29. The molecule has 0 aliphatic heterocycles. The minimum Gasteiger partial charge on any atom is -0.481 e. The maximum atomic E-state index is 11.2. The molecule has 118 valence electrons. The van der Waals surface area contributed by atoms with Gasteiger partial charge in [-0.2, -0.15) is 5.26 Å². The molecule has 0 saturated carbocycles. The second-order valence-electron chi connectivity index (χ2n) is 5.38. The van der Waals surface area contributed by atoms with Gasteiger partial charge in [0, 0.05) is 12.2 Å². The van der Waals surface area contributed by atoms with Gasteiger partial charge in [0.05, 0.1) is 10.8 Å². The monoisotopic (exact) mass is 306 g/mol. The van der Waals surface area contributed by atoms with Gasteiger partial charge in [-0.1, -0.05) is 13.8 Å². The summed E-state index contributed by atoms with van der Waals surface area (Å²) in [5.41, 5.74) is 5.24. The van der Waals surface area contributed by atoms with Crippen LogP contribution in [0.25, 0.3) is 0 Å².